The van der Waals surface area contributed by atoms with Crippen molar-refractivity contribution in [1.82, 2.24) is 4.90 Å². The predicted octanol–water partition coefficient (Wildman–Crippen LogP) is 1.51. The third-order valence-electron chi connectivity index (χ3n) is 2.91. The van der Waals surface area contributed by atoms with Crippen LogP contribution in [0.1, 0.15) is 12.0 Å². The number of nitrogens with zero attached hydrogens (tertiary/aromatic N) is 3. The maximum Gasteiger partial charge on any atom is 0.224 e. The molecule has 6 heteroatoms. The molecule has 0 saturated heterocycles. The van der Waals surface area contributed by atoms with Crippen LogP contribution in [0, 0.1) is 22.7 Å². The topological polar surface area (TPSA) is 86.4 Å². The molecule has 0 N–H and O–H groups in total. The SMILES string of the molecule is COc1cc(CCC(=O)N(CC#N)CC#N)cc(OC)c1. The Morgan fingerprint density at radius 2 is 1.62 bits per heavy atom. The fourth-order valence-electron chi connectivity index (χ4n) is 1.82. The smallest absolute Gasteiger partial charge is 0.224 e. The zero-order valence-electron chi connectivity index (χ0n) is 12.1. The van der Waals surface area contributed by atoms with E-state index in [1.165, 1.54) is 4.90 Å². The van der Waals surface area contributed by atoms with Crippen molar-refractivity contribution in [3.05, 3.63) is 23.8 Å². The van der Waals surface area contributed by atoms with Crippen LogP contribution in [0.4, 0.5) is 0 Å². The van der Waals surface area contributed by atoms with Gasteiger partial charge in [-0.2, -0.15) is 10.5 Å². The van der Waals surface area contributed by atoms with E-state index in [2.05, 4.69) is 0 Å². The number of amides is 1. The van der Waals surface area contributed by atoms with Crippen molar-refractivity contribution < 1.29 is 14.3 Å². The lowest BCUT2D eigenvalue weighted by Gasteiger charge is -2.15. The van der Waals surface area contributed by atoms with Gasteiger partial charge in [-0.3, -0.25) is 4.79 Å². The van der Waals surface area contributed by atoms with Crippen LogP contribution in [-0.2, 0) is 11.2 Å². The van der Waals surface area contributed by atoms with E-state index in [1.54, 1.807) is 20.3 Å². The van der Waals surface area contributed by atoms with E-state index in [1.807, 2.05) is 24.3 Å². The number of aryl methyl sites for hydroxylation is 1. The fourth-order valence-corrected chi connectivity index (χ4v) is 1.82. The molecule has 0 aliphatic rings. The second-order valence-electron chi connectivity index (χ2n) is 4.29. The van der Waals surface area contributed by atoms with Crippen molar-refractivity contribution >= 4 is 5.91 Å². The standard InChI is InChI=1S/C15H17N3O3/c1-20-13-9-12(10-14(11-13)21-2)3-4-15(19)18(7-5-16)8-6-17/h9-11H,3-4,7-8H2,1-2H3. The number of ether oxygens (including phenoxy) is 2. The summed E-state index contributed by atoms with van der Waals surface area (Å²) in [5.41, 5.74) is 0.897. The van der Waals surface area contributed by atoms with Gasteiger partial charge in [-0.15, -0.1) is 0 Å². The zero-order valence-corrected chi connectivity index (χ0v) is 12.1. The summed E-state index contributed by atoms with van der Waals surface area (Å²) < 4.78 is 10.3. The Morgan fingerprint density at radius 3 is 2.05 bits per heavy atom. The van der Waals surface area contributed by atoms with E-state index in [0.717, 1.165) is 5.56 Å². The fraction of sp³-hybridized carbons (Fsp3) is 0.400. The highest BCUT2D eigenvalue weighted by atomic mass is 16.5. The zero-order chi connectivity index (χ0) is 15.7. The first-order valence-electron chi connectivity index (χ1n) is 6.38. The number of hydrogen-bond acceptors (Lipinski definition) is 5. The molecule has 0 aliphatic carbocycles. The second kappa shape index (κ2) is 8.44. The van der Waals surface area contributed by atoms with Gasteiger partial charge in [0.25, 0.3) is 0 Å². The van der Waals surface area contributed by atoms with Gasteiger partial charge < -0.3 is 14.4 Å². The summed E-state index contributed by atoms with van der Waals surface area (Å²) in [5.74, 6) is 1.09. The van der Waals surface area contributed by atoms with E-state index in [4.69, 9.17) is 20.0 Å². The number of carbonyl (C=O) groups excluding carboxylic acids is 1. The molecule has 0 heterocycles. The van der Waals surface area contributed by atoms with Crippen molar-refractivity contribution in [2.24, 2.45) is 0 Å². The van der Waals surface area contributed by atoms with E-state index in [-0.39, 0.29) is 25.4 Å². The van der Waals surface area contributed by atoms with Crippen LogP contribution in [0.15, 0.2) is 18.2 Å². The molecule has 0 fully saturated rings. The van der Waals surface area contributed by atoms with Gasteiger partial charge in [0.15, 0.2) is 0 Å². The third kappa shape index (κ3) is 5.04. The average Bonchev–Trinajstić information content (AvgIpc) is 2.51. The van der Waals surface area contributed by atoms with E-state index < -0.39 is 0 Å². The first-order valence-corrected chi connectivity index (χ1v) is 6.38. The lowest BCUT2D eigenvalue weighted by Crippen LogP contribution is -2.31. The molecule has 1 rings (SSSR count). The number of rotatable bonds is 7. The van der Waals surface area contributed by atoms with Crippen molar-refractivity contribution in [2.75, 3.05) is 27.3 Å². The summed E-state index contributed by atoms with van der Waals surface area (Å²) in [6.45, 7) is -0.151. The molecule has 0 aromatic heterocycles. The maximum atomic E-state index is 12.0. The van der Waals surface area contributed by atoms with Crippen molar-refractivity contribution in [2.45, 2.75) is 12.8 Å². The molecule has 0 atom stereocenters. The van der Waals surface area contributed by atoms with E-state index in [0.29, 0.717) is 17.9 Å². The van der Waals surface area contributed by atoms with Gasteiger partial charge in [-0.25, -0.2) is 0 Å². The van der Waals surface area contributed by atoms with Crippen LogP contribution in [0.5, 0.6) is 11.5 Å². The third-order valence-corrected chi connectivity index (χ3v) is 2.91. The van der Waals surface area contributed by atoms with E-state index in [9.17, 15) is 4.79 Å². The summed E-state index contributed by atoms with van der Waals surface area (Å²) in [7, 11) is 3.12. The molecule has 0 aliphatic heterocycles. The highest BCUT2D eigenvalue weighted by molar-refractivity contribution is 5.77. The minimum absolute atomic E-state index is 0.0756. The summed E-state index contributed by atoms with van der Waals surface area (Å²) in [6, 6.07) is 9.17. The molecule has 1 aromatic rings. The van der Waals surface area contributed by atoms with Gasteiger partial charge in [-0.1, -0.05) is 0 Å². The molecule has 6 nitrogen and oxygen atoms in total. The summed E-state index contributed by atoms with van der Waals surface area (Å²) >= 11 is 0. The molecule has 0 saturated carbocycles. The first-order chi connectivity index (χ1) is 10.1. The minimum atomic E-state index is -0.222. The van der Waals surface area contributed by atoms with Crippen LogP contribution >= 0.6 is 0 Å². The van der Waals surface area contributed by atoms with Gasteiger partial charge in [0.05, 0.1) is 26.4 Å². The molecular weight excluding hydrogens is 270 g/mol. The van der Waals surface area contributed by atoms with Crippen LogP contribution in [0.3, 0.4) is 0 Å². The van der Waals surface area contributed by atoms with Crippen molar-refractivity contribution in [3.63, 3.8) is 0 Å². The lowest BCUT2D eigenvalue weighted by molar-refractivity contribution is -0.130. The number of benzene rings is 1. The quantitative estimate of drug-likeness (QED) is 0.709. The molecule has 0 unspecified atom stereocenters. The highest BCUT2D eigenvalue weighted by Gasteiger charge is 2.13. The van der Waals surface area contributed by atoms with Crippen LogP contribution in [0.25, 0.3) is 0 Å². The van der Waals surface area contributed by atoms with Gasteiger partial charge in [0.2, 0.25) is 5.91 Å². The number of nitriles is 2. The summed E-state index contributed by atoms with van der Waals surface area (Å²) in [6.07, 6.45) is 0.708. The maximum absolute atomic E-state index is 12.0. The van der Waals surface area contributed by atoms with Crippen molar-refractivity contribution in [1.29, 1.82) is 10.5 Å². The van der Waals surface area contributed by atoms with Crippen LogP contribution in [0.2, 0.25) is 0 Å². The molecule has 0 bridgehead atoms. The van der Waals surface area contributed by atoms with Gasteiger partial charge in [-0.05, 0) is 24.1 Å². The predicted molar refractivity (Wildman–Crippen MR) is 75.7 cm³/mol. The molecular formula is C15H17N3O3. The van der Waals surface area contributed by atoms with Gasteiger partial charge in [0.1, 0.15) is 24.6 Å². The normalized spacial score (nSPS) is 9.33. The monoisotopic (exact) mass is 287 g/mol. The molecule has 0 radical (unpaired) electrons. The average molecular weight is 287 g/mol. The lowest BCUT2D eigenvalue weighted by atomic mass is 10.1. The Hall–Kier alpha value is -2.73. The Kier molecular flexibility index (Phi) is 6.56. The second-order valence-corrected chi connectivity index (χ2v) is 4.29. The van der Waals surface area contributed by atoms with Gasteiger partial charge in [0, 0.05) is 12.5 Å². The Labute approximate surface area is 124 Å². The Balaban J connectivity index is 2.72. The van der Waals surface area contributed by atoms with Gasteiger partial charge >= 0.3 is 0 Å². The minimum Gasteiger partial charge on any atom is -0.497 e. The van der Waals surface area contributed by atoms with Crippen LogP contribution < -0.4 is 9.47 Å². The Bertz CT molecular complexity index is 534. The van der Waals surface area contributed by atoms with E-state index >= 15 is 0 Å². The number of hydrogen-bond donors (Lipinski definition) is 0. The number of carbonyl (C=O) groups is 1. The molecule has 0 spiro atoms. The number of methoxy groups -OCH3 is 2. The first kappa shape index (κ1) is 16.3. The molecule has 1 amide bonds. The largest absolute Gasteiger partial charge is 0.497 e. The summed E-state index contributed by atoms with van der Waals surface area (Å²) in [4.78, 5) is 13.2. The van der Waals surface area contributed by atoms with Crippen LogP contribution in [-0.4, -0.2) is 38.1 Å². The highest BCUT2D eigenvalue weighted by Crippen LogP contribution is 2.23. The molecule has 21 heavy (non-hydrogen) atoms. The Morgan fingerprint density at radius 1 is 1.10 bits per heavy atom. The molecule has 1 aromatic carbocycles. The van der Waals surface area contributed by atoms with Crippen molar-refractivity contribution in [3.8, 4) is 23.6 Å². The molecule has 110 valence electrons. The summed E-state index contributed by atoms with van der Waals surface area (Å²) in [5, 5.41) is 17.3.